The van der Waals surface area contributed by atoms with Crippen molar-refractivity contribution in [1.29, 1.82) is 0 Å². The van der Waals surface area contributed by atoms with E-state index in [1.807, 2.05) is 39.5 Å². The van der Waals surface area contributed by atoms with Crippen LogP contribution in [0.2, 0.25) is 0 Å². The number of hydrogen-bond donors (Lipinski definition) is 2. The maximum atomic E-state index is 11.9. The minimum atomic E-state index is -0.307. The Bertz CT molecular complexity index is 505. The second kappa shape index (κ2) is 5.87. The van der Waals surface area contributed by atoms with Crippen LogP contribution >= 0.6 is 11.8 Å². The standard InChI is InChI=1S/C14H24N4O2S/c1-9(10-17-11(18-20-10)13(2,3)4)16-12(19)15-8-14(21-5)6-7-14/h9H,6-8H2,1-5H3,(H2,15,16,19)/t9-/m1/s1. The topological polar surface area (TPSA) is 80.0 Å². The van der Waals surface area contributed by atoms with E-state index < -0.39 is 0 Å². The molecule has 21 heavy (non-hydrogen) atoms. The van der Waals surface area contributed by atoms with Crippen molar-refractivity contribution in [1.82, 2.24) is 20.8 Å². The fraction of sp³-hybridized carbons (Fsp3) is 0.786. The minimum Gasteiger partial charge on any atom is -0.337 e. The maximum Gasteiger partial charge on any atom is 0.315 e. The Hall–Kier alpha value is -1.24. The molecule has 1 aliphatic rings. The summed E-state index contributed by atoms with van der Waals surface area (Å²) in [5.41, 5.74) is -0.166. The molecule has 6 nitrogen and oxygen atoms in total. The lowest BCUT2D eigenvalue weighted by Crippen LogP contribution is -2.40. The molecule has 1 heterocycles. The highest BCUT2D eigenvalue weighted by Crippen LogP contribution is 2.46. The van der Waals surface area contributed by atoms with Gasteiger partial charge in [0.2, 0.25) is 5.89 Å². The smallest absolute Gasteiger partial charge is 0.315 e. The van der Waals surface area contributed by atoms with E-state index in [0.29, 0.717) is 18.3 Å². The van der Waals surface area contributed by atoms with Crippen molar-refractivity contribution in [3.63, 3.8) is 0 Å². The molecule has 2 amide bonds. The van der Waals surface area contributed by atoms with Gasteiger partial charge in [-0.15, -0.1) is 0 Å². The van der Waals surface area contributed by atoms with E-state index in [4.69, 9.17) is 4.52 Å². The third-order valence-electron chi connectivity index (χ3n) is 3.64. The van der Waals surface area contributed by atoms with E-state index in [0.717, 1.165) is 0 Å². The molecule has 0 saturated heterocycles. The largest absolute Gasteiger partial charge is 0.337 e. The summed E-state index contributed by atoms with van der Waals surface area (Å²) in [5.74, 6) is 1.08. The number of hydrogen-bond acceptors (Lipinski definition) is 5. The van der Waals surface area contributed by atoms with Crippen LogP contribution in [0.3, 0.4) is 0 Å². The van der Waals surface area contributed by atoms with Gasteiger partial charge in [0.1, 0.15) is 6.04 Å². The SMILES string of the molecule is CSC1(CNC(=O)N[C@H](C)c2nc(C(C)(C)C)no2)CC1. The first-order valence-corrected chi connectivity index (χ1v) is 8.42. The summed E-state index contributed by atoms with van der Waals surface area (Å²) in [5, 5.41) is 9.71. The Labute approximate surface area is 129 Å². The fourth-order valence-electron chi connectivity index (χ4n) is 1.86. The van der Waals surface area contributed by atoms with Gasteiger partial charge >= 0.3 is 6.03 Å². The number of urea groups is 1. The molecule has 1 aliphatic carbocycles. The first kappa shape index (κ1) is 16.1. The van der Waals surface area contributed by atoms with Crippen molar-refractivity contribution >= 4 is 17.8 Å². The molecule has 0 aromatic carbocycles. The van der Waals surface area contributed by atoms with Gasteiger partial charge in [-0.05, 0) is 26.0 Å². The molecule has 0 unspecified atom stereocenters. The number of nitrogens with one attached hydrogen (secondary N) is 2. The summed E-state index contributed by atoms with van der Waals surface area (Å²) >= 11 is 1.82. The Morgan fingerprint density at radius 3 is 2.62 bits per heavy atom. The number of carbonyl (C=O) groups is 1. The van der Waals surface area contributed by atoms with Gasteiger partial charge < -0.3 is 15.2 Å². The van der Waals surface area contributed by atoms with Crippen LogP contribution in [0.4, 0.5) is 4.79 Å². The van der Waals surface area contributed by atoms with Crippen LogP contribution in [-0.2, 0) is 5.41 Å². The van der Waals surface area contributed by atoms with E-state index in [1.54, 1.807) is 0 Å². The molecule has 118 valence electrons. The third kappa shape index (κ3) is 4.12. The molecular weight excluding hydrogens is 288 g/mol. The molecule has 2 N–H and O–H groups in total. The molecule has 0 radical (unpaired) electrons. The average molecular weight is 312 g/mol. The molecule has 1 saturated carbocycles. The van der Waals surface area contributed by atoms with E-state index in [-0.39, 0.29) is 22.2 Å². The Kier molecular flexibility index (Phi) is 4.51. The summed E-state index contributed by atoms with van der Waals surface area (Å²) in [4.78, 5) is 16.2. The number of amides is 2. The van der Waals surface area contributed by atoms with Gasteiger partial charge in [-0.2, -0.15) is 16.7 Å². The van der Waals surface area contributed by atoms with Crippen LogP contribution in [0.25, 0.3) is 0 Å². The summed E-state index contributed by atoms with van der Waals surface area (Å²) in [6.45, 7) is 8.59. The maximum absolute atomic E-state index is 11.9. The summed E-state index contributed by atoms with van der Waals surface area (Å²) in [7, 11) is 0. The van der Waals surface area contributed by atoms with E-state index in [9.17, 15) is 4.79 Å². The molecule has 2 rings (SSSR count). The lowest BCUT2D eigenvalue weighted by atomic mass is 9.96. The van der Waals surface area contributed by atoms with Crippen LogP contribution in [0.5, 0.6) is 0 Å². The minimum absolute atomic E-state index is 0.166. The van der Waals surface area contributed by atoms with Crippen LogP contribution in [0, 0.1) is 0 Å². The van der Waals surface area contributed by atoms with Crippen molar-refractivity contribution in [2.45, 2.75) is 56.7 Å². The van der Waals surface area contributed by atoms with Gasteiger partial charge in [0, 0.05) is 16.7 Å². The predicted octanol–water partition coefficient (Wildman–Crippen LogP) is 2.62. The molecule has 1 fully saturated rings. The molecule has 1 aromatic rings. The fourth-order valence-corrected chi connectivity index (χ4v) is 2.59. The van der Waals surface area contributed by atoms with Crippen molar-refractivity contribution in [3.05, 3.63) is 11.7 Å². The summed E-state index contributed by atoms with van der Waals surface area (Å²) < 4.78 is 5.48. The highest BCUT2D eigenvalue weighted by Gasteiger charge is 2.42. The molecule has 7 heteroatoms. The van der Waals surface area contributed by atoms with E-state index in [2.05, 4.69) is 27.0 Å². The van der Waals surface area contributed by atoms with Crippen LogP contribution < -0.4 is 10.6 Å². The number of nitrogens with zero attached hydrogens (tertiary/aromatic N) is 2. The Morgan fingerprint density at radius 2 is 2.14 bits per heavy atom. The molecule has 0 spiro atoms. The average Bonchev–Trinajstić information content (AvgIpc) is 2.99. The molecule has 1 aromatic heterocycles. The van der Waals surface area contributed by atoms with Crippen molar-refractivity contribution in [2.75, 3.05) is 12.8 Å². The lowest BCUT2D eigenvalue weighted by molar-refractivity contribution is 0.234. The van der Waals surface area contributed by atoms with Crippen molar-refractivity contribution < 1.29 is 9.32 Å². The number of carbonyl (C=O) groups excluding carboxylic acids is 1. The first-order valence-electron chi connectivity index (χ1n) is 7.19. The molecular formula is C14H24N4O2S. The zero-order valence-electron chi connectivity index (χ0n) is 13.3. The quantitative estimate of drug-likeness (QED) is 0.873. The predicted molar refractivity (Wildman–Crippen MR) is 83.4 cm³/mol. The number of aromatic nitrogens is 2. The van der Waals surface area contributed by atoms with Gasteiger partial charge in [0.15, 0.2) is 5.82 Å². The van der Waals surface area contributed by atoms with E-state index >= 15 is 0 Å². The monoisotopic (exact) mass is 312 g/mol. The van der Waals surface area contributed by atoms with Gasteiger partial charge in [0.25, 0.3) is 0 Å². The van der Waals surface area contributed by atoms with E-state index in [1.165, 1.54) is 12.8 Å². The highest BCUT2D eigenvalue weighted by atomic mass is 32.2. The second-order valence-electron chi connectivity index (χ2n) is 6.64. The zero-order chi connectivity index (χ0) is 15.7. The van der Waals surface area contributed by atoms with Gasteiger partial charge in [0.05, 0.1) is 0 Å². The molecule has 0 bridgehead atoms. The van der Waals surface area contributed by atoms with Gasteiger partial charge in [-0.1, -0.05) is 25.9 Å². The Balaban J connectivity index is 1.84. The van der Waals surface area contributed by atoms with Crippen LogP contribution in [0.15, 0.2) is 4.52 Å². The number of rotatable bonds is 5. The van der Waals surface area contributed by atoms with Crippen molar-refractivity contribution in [3.8, 4) is 0 Å². The lowest BCUT2D eigenvalue weighted by Gasteiger charge is -2.15. The molecule has 0 aliphatic heterocycles. The zero-order valence-corrected chi connectivity index (χ0v) is 14.1. The van der Waals surface area contributed by atoms with Gasteiger partial charge in [-0.25, -0.2) is 4.79 Å². The normalized spacial score (nSPS) is 18.1. The summed E-state index contributed by atoms with van der Waals surface area (Å²) in [6.07, 6.45) is 4.42. The van der Waals surface area contributed by atoms with Crippen LogP contribution in [-0.4, -0.2) is 33.7 Å². The molecule has 1 atom stereocenters. The summed E-state index contributed by atoms with van der Waals surface area (Å²) in [6, 6.07) is -0.503. The highest BCUT2D eigenvalue weighted by molar-refractivity contribution is 8.00. The van der Waals surface area contributed by atoms with Crippen LogP contribution in [0.1, 0.15) is 58.3 Å². The Morgan fingerprint density at radius 1 is 1.48 bits per heavy atom. The van der Waals surface area contributed by atoms with Gasteiger partial charge in [-0.3, -0.25) is 0 Å². The third-order valence-corrected chi connectivity index (χ3v) is 5.06. The number of thioether (sulfide) groups is 1. The first-order chi connectivity index (χ1) is 9.76. The van der Waals surface area contributed by atoms with Crippen molar-refractivity contribution in [2.24, 2.45) is 0 Å². The second-order valence-corrected chi connectivity index (χ2v) is 7.92.